The highest BCUT2D eigenvalue weighted by atomic mass is 79.9. The molecule has 13 heteroatoms. The zero-order chi connectivity index (χ0) is 51.0. The molecule has 0 saturated heterocycles. The third-order valence-corrected chi connectivity index (χ3v) is 15.9. The van der Waals surface area contributed by atoms with E-state index in [9.17, 15) is 9.59 Å². The van der Waals surface area contributed by atoms with Crippen LogP contribution in [0.5, 0.6) is 11.5 Å². The smallest absolute Gasteiger partial charge is 0.341 e. The molecule has 2 aliphatic heterocycles. The van der Waals surface area contributed by atoms with Crippen molar-refractivity contribution in [1.82, 2.24) is 19.1 Å². The number of hydrogen-bond acceptors (Lipinski definition) is 10. The monoisotopic (exact) mass is 1040 g/mol. The molecule has 0 aliphatic carbocycles. The summed E-state index contributed by atoms with van der Waals surface area (Å²) in [4.78, 5) is 40.1. The molecule has 0 radical (unpaired) electrons. The lowest BCUT2D eigenvalue weighted by Crippen LogP contribution is -2.32. The second-order valence-corrected chi connectivity index (χ2v) is 19.6. The predicted molar refractivity (Wildman–Crippen MR) is 292 cm³/mol. The molecule has 376 valence electrons. The number of aromatic nitrogens is 4. The predicted octanol–water partition coefficient (Wildman–Crippen LogP) is 13.0. The fourth-order valence-corrected chi connectivity index (χ4v) is 11.8. The lowest BCUT2D eigenvalue weighted by atomic mass is 9.80. The Morgan fingerprint density at radius 2 is 1.01 bits per heavy atom. The second-order valence-electron chi connectivity index (χ2n) is 18.7. The van der Waals surface area contributed by atoms with Crippen LogP contribution >= 0.6 is 16.1 Å². The molecule has 12 nitrogen and oxygen atoms in total. The molecule has 2 unspecified atom stereocenters. The number of carbonyl (C=O) groups excluding carboxylic acids is 2. The molecule has 0 spiro atoms. The number of para-hydroxylation sites is 2. The fraction of sp³-hybridized carbons (Fsp3) is 0.333. The molecule has 8 aromatic rings. The van der Waals surface area contributed by atoms with Gasteiger partial charge in [-0.05, 0) is 135 Å². The second kappa shape index (κ2) is 20.4. The Hall–Kier alpha value is -7.12. The Bertz CT molecular complexity index is 3380. The number of fused-ring (bicyclic) bond motifs is 4. The maximum absolute atomic E-state index is 14.0. The summed E-state index contributed by atoms with van der Waals surface area (Å²) in [6, 6.07) is 36.1. The van der Waals surface area contributed by atoms with Crippen LogP contribution in [0, 0.1) is 13.8 Å². The summed E-state index contributed by atoms with van der Waals surface area (Å²) in [5.74, 6) is 0.441. The van der Waals surface area contributed by atoms with Crippen LogP contribution in [0.1, 0.15) is 126 Å². The van der Waals surface area contributed by atoms with Crippen LogP contribution in [0.15, 0.2) is 122 Å². The number of unbranched alkanes of at least 4 members (excludes halogenated alkanes) is 3. The molecule has 2 atom stereocenters. The van der Waals surface area contributed by atoms with Crippen molar-refractivity contribution < 1.29 is 28.5 Å². The van der Waals surface area contributed by atoms with E-state index in [0.29, 0.717) is 47.2 Å². The number of benzene rings is 4. The normalized spacial score (nSPS) is 16.9. The SMILES string of the molecule is CCN(Br)c1ccc(C2(c3c(C)n(CC)c4ccccc34)OC(=O)c3cccnc32)c(OCCCCCCOc2cc(N(CC)CC)ccc2C2(c3c(C)n(CC)c4ccccc34)OC(=O)c3cccnc32)c1. The van der Waals surface area contributed by atoms with E-state index >= 15 is 0 Å². The zero-order valence-electron chi connectivity index (χ0n) is 42.8. The molecular weight excluding hydrogens is 981 g/mol. The van der Waals surface area contributed by atoms with Crippen LogP contribution in [0.25, 0.3) is 21.8 Å². The van der Waals surface area contributed by atoms with Gasteiger partial charge in [-0.25, -0.2) is 9.59 Å². The molecule has 6 heterocycles. The summed E-state index contributed by atoms with van der Waals surface area (Å²) in [6.07, 6.45) is 6.79. The highest BCUT2D eigenvalue weighted by Gasteiger charge is 2.55. The molecule has 0 saturated carbocycles. The number of aryl methyl sites for hydroxylation is 2. The first-order chi connectivity index (χ1) is 35.6. The number of hydrogen-bond donors (Lipinski definition) is 0. The van der Waals surface area contributed by atoms with E-state index in [1.807, 2.05) is 46.4 Å². The van der Waals surface area contributed by atoms with Crippen LogP contribution in [0.3, 0.4) is 0 Å². The Morgan fingerprint density at radius 3 is 1.47 bits per heavy atom. The van der Waals surface area contributed by atoms with E-state index in [-0.39, 0.29) is 0 Å². The fourth-order valence-electron chi connectivity index (χ4n) is 11.6. The number of cyclic esters (lactones) is 2. The van der Waals surface area contributed by atoms with Gasteiger partial charge in [0, 0.05) is 135 Å². The van der Waals surface area contributed by atoms with Crippen molar-refractivity contribution in [2.45, 2.75) is 98.4 Å². The van der Waals surface area contributed by atoms with Crippen molar-refractivity contribution in [3.63, 3.8) is 0 Å². The van der Waals surface area contributed by atoms with Crippen molar-refractivity contribution in [2.75, 3.05) is 41.7 Å². The number of pyridine rings is 2. The van der Waals surface area contributed by atoms with Crippen LogP contribution in [0.4, 0.5) is 11.4 Å². The van der Waals surface area contributed by atoms with E-state index in [0.717, 1.165) is 125 Å². The first-order valence-corrected chi connectivity index (χ1v) is 26.6. The van der Waals surface area contributed by atoms with Crippen molar-refractivity contribution in [3.8, 4) is 11.5 Å². The first kappa shape index (κ1) is 49.5. The van der Waals surface area contributed by atoms with E-state index < -0.39 is 23.1 Å². The third kappa shape index (κ3) is 8.11. The van der Waals surface area contributed by atoms with Gasteiger partial charge in [0.1, 0.15) is 22.9 Å². The van der Waals surface area contributed by atoms with E-state index in [1.54, 1.807) is 36.7 Å². The maximum Gasteiger partial charge on any atom is 0.341 e. The molecule has 0 N–H and O–H groups in total. The summed E-state index contributed by atoms with van der Waals surface area (Å²) < 4.78 is 33.7. The molecule has 0 fully saturated rings. The van der Waals surface area contributed by atoms with Crippen LogP contribution in [-0.2, 0) is 33.8 Å². The van der Waals surface area contributed by atoms with Gasteiger partial charge in [-0.3, -0.25) is 9.97 Å². The van der Waals surface area contributed by atoms with E-state index in [4.69, 9.17) is 28.9 Å². The van der Waals surface area contributed by atoms with Crippen molar-refractivity contribution >= 4 is 61.3 Å². The third-order valence-electron chi connectivity index (χ3n) is 14.9. The molecule has 4 aromatic carbocycles. The van der Waals surface area contributed by atoms with Gasteiger partial charge in [-0.15, -0.1) is 0 Å². The van der Waals surface area contributed by atoms with Crippen molar-refractivity contribution in [3.05, 3.63) is 178 Å². The maximum atomic E-state index is 14.0. The van der Waals surface area contributed by atoms with Gasteiger partial charge >= 0.3 is 11.9 Å². The number of esters is 2. The minimum atomic E-state index is -1.37. The van der Waals surface area contributed by atoms with Gasteiger partial charge in [0.2, 0.25) is 11.2 Å². The van der Waals surface area contributed by atoms with Gasteiger partial charge in [-0.2, -0.15) is 0 Å². The number of carbonyl (C=O) groups is 2. The van der Waals surface area contributed by atoms with E-state index in [1.165, 1.54) is 0 Å². The van der Waals surface area contributed by atoms with Crippen LogP contribution in [0.2, 0.25) is 0 Å². The van der Waals surface area contributed by atoms with Crippen molar-refractivity contribution in [1.29, 1.82) is 0 Å². The number of anilines is 2. The Balaban J connectivity index is 0.929. The molecule has 10 rings (SSSR count). The standard InChI is InChI=1S/C60H63BrN6O6/c1-8-64(9-2)41-29-31-47(59(55-45(57(68)72-59)25-21-33-62-55)53-39(6)65(10-3)49-27-17-15-23-43(49)53)51(37-41)70-35-19-13-14-20-36-71-52-38-42(67(61)12-5)30-32-48(52)60(56-46(58(69)73-60)26-22-34-63-56)54-40(7)66(11-4)50-28-18-16-24-44(50)54/h15-18,21-34,37-38H,8-14,19-20,35-36H2,1-7H3. The molecule has 2 aliphatic rings. The summed E-state index contributed by atoms with van der Waals surface area (Å²) in [7, 11) is 0. The molecule has 0 bridgehead atoms. The van der Waals surface area contributed by atoms with Gasteiger partial charge in [-0.1, -0.05) is 36.4 Å². The quantitative estimate of drug-likeness (QED) is 0.0415. The number of rotatable bonds is 20. The number of nitrogens with zero attached hydrogens (tertiary/aromatic N) is 6. The average Bonchev–Trinajstić information content (AvgIpc) is 4.11. The van der Waals surface area contributed by atoms with Gasteiger partial charge < -0.3 is 36.9 Å². The number of halogens is 1. The zero-order valence-corrected chi connectivity index (χ0v) is 44.4. The number of ether oxygens (including phenoxy) is 4. The average molecular weight is 1040 g/mol. The highest BCUT2D eigenvalue weighted by Crippen LogP contribution is 2.55. The Kier molecular flexibility index (Phi) is 13.8. The highest BCUT2D eigenvalue weighted by molar-refractivity contribution is 9.10. The molecular formula is C60H63BrN6O6. The topological polar surface area (TPSA) is 113 Å². The van der Waals surface area contributed by atoms with E-state index in [2.05, 4.69) is 121 Å². The van der Waals surface area contributed by atoms with Gasteiger partial charge in [0.05, 0.1) is 30.0 Å². The lowest BCUT2D eigenvalue weighted by Gasteiger charge is -2.32. The molecule has 4 aromatic heterocycles. The Labute approximate surface area is 436 Å². The van der Waals surface area contributed by atoms with Crippen molar-refractivity contribution in [2.24, 2.45) is 0 Å². The summed E-state index contributed by atoms with van der Waals surface area (Å²) in [6.45, 7) is 19.6. The summed E-state index contributed by atoms with van der Waals surface area (Å²) in [5.41, 5.74) is 8.58. The van der Waals surface area contributed by atoms with Gasteiger partial charge in [0.15, 0.2) is 0 Å². The summed E-state index contributed by atoms with van der Waals surface area (Å²) >= 11 is 3.73. The molecule has 73 heavy (non-hydrogen) atoms. The largest absolute Gasteiger partial charge is 0.493 e. The van der Waals surface area contributed by atoms with Crippen LogP contribution < -0.4 is 18.3 Å². The minimum absolute atomic E-state index is 0.411. The molecule has 0 amide bonds. The first-order valence-electron chi connectivity index (χ1n) is 25.8. The summed E-state index contributed by atoms with van der Waals surface area (Å²) in [5, 5.41) is 2.00. The lowest BCUT2D eigenvalue weighted by molar-refractivity contribution is 0.0227. The van der Waals surface area contributed by atoms with Gasteiger partial charge in [0.25, 0.3) is 0 Å². The van der Waals surface area contributed by atoms with Crippen LogP contribution in [-0.4, -0.2) is 63.9 Å². The Morgan fingerprint density at radius 1 is 0.562 bits per heavy atom. The minimum Gasteiger partial charge on any atom is -0.493 e.